The van der Waals surface area contributed by atoms with E-state index in [9.17, 15) is 27.9 Å². The summed E-state index contributed by atoms with van der Waals surface area (Å²) in [7, 11) is -2.95. The normalized spacial score (nSPS) is 16.7. The number of aliphatic hydroxyl groups is 1. The van der Waals surface area contributed by atoms with Crippen LogP contribution in [-0.2, 0) is 36.9 Å². The summed E-state index contributed by atoms with van der Waals surface area (Å²) in [4.78, 5) is 44.5. The van der Waals surface area contributed by atoms with Gasteiger partial charge in [-0.3, -0.25) is 9.59 Å². The predicted octanol–water partition coefficient (Wildman–Crippen LogP) is 2.13. The molecule has 222 valence electrons. The summed E-state index contributed by atoms with van der Waals surface area (Å²) in [5.41, 5.74) is -1.63. The minimum atomic E-state index is -4.52. The van der Waals surface area contributed by atoms with Gasteiger partial charge in [0.15, 0.2) is 0 Å². The van der Waals surface area contributed by atoms with E-state index in [1.54, 1.807) is 26.1 Å². The molecular weight excluding hydrogens is 617 g/mol. The van der Waals surface area contributed by atoms with Crippen molar-refractivity contribution in [1.82, 2.24) is 19.6 Å². The van der Waals surface area contributed by atoms with Crippen molar-refractivity contribution in [3.63, 3.8) is 0 Å². The maximum Gasteiger partial charge on any atom is 0.337 e. The number of sulfonamides is 1. The molecule has 0 aliphatic carbocycles. The number of nitrogens with zero attached hydrogens (tertiary/aromatic N) is 3. The molecule has 1 aromatic carbocycles. The van der Waals surface area contributed by atoms with Gasteiger partial charge in [0.05, 0.1) is 27.3 Å². The van der Waals surface area contributed by atoms with Crippen LogP contribution in [0.25, 0.3) is 0 Å². The number of carbonyl (C=O) groups excluding carboxylic acids is 3. The standard InChI is InChI=1S/C25H28ClN5O7S2.ClH/c1-4-38-24(35)25(23-27-11-13-30(23)3,14-28-21(33)18-8-9-20(26)39-18)29-40(36,37)19-7-5-6-16(15(19)2)31-12-10-17(32)22(31)34;/h5-9,11,13,17,29,32H,4,10,12,14H2,1-3H3,(H,28,33);1H/t17-,25+;/m0./s1. The number of amides is 2. The summed E-state index contributed by atoms with van der Waals surface area (Å²) >= 11 is 6.98. The maximum absolute atomic E-state index is 14.0. The first-order valence-electron chi connectivity index (χ1n) is 12.2. The van der Waals surface area contributed by atoms with Gasteiger partial charge >= 0.3 is 5.97 Å². The van der Waals surface area contributed by atoms with Crippen molar-refractivity contribution in [3.05, 3.63) is 63.3 Å². The fourth-order valence-corrected chi connectivity index (χ4v) is 7.05. The Hall–Kier alpha value is -3.01. The van der Waals surface area contributed by atoms with E-state index in [4.69, 9.17) is 16.3 Å². The summed E-state index contributed by atoms with van der Waals surface area (Å²) in [5, 5.41) is 12.5. The second kappa shape index (κ2) is 12.9. The van der Waals surface area contributed by atoms with Crippen LogP contribution in [0.2, 0.25) is 4.34 Å². The van der Waals surface area contributed by atoms with E-state index in [0.717, 1.165) is 11.3 Å². The number of anilines is 1. The summed E-state index contributed by atoms with van der Waals surface area (Å²) < 4.78 is 37.5. The molecule has 12 nitrogen and oxygen atoms in total. The lowest BCUT2D eigenvalue weighted by molar-refractivity contribution is -0.151. The zero-order valence-corrected chi connectivity index (χ0v) is 25.5. The van der Waals surface area contributed by atoms with Crippen molar-refractivity contribution in [3.8, 4) is 0 Å². The van der Waals surface area contributed by atoms with Gasteiger partial charge in [0.2, 0.25) is 15.6 Å². The number of aliphatic hydroxyl groups excluding tert-OH is 1. The Morgan fingerprint density at radius 3 is 2.59 bits per heavy atom. The average Bonchev–Trinajstić information content (AvgIpc) is 3.63. The molecule has 1 aliphatic rings. The zero-order valence-electron chi connectivity index (χ0n) is 22.3. The van der Waals surface area contributed by atoms with Crippen molar-refractivity contribution in [2.75, 3.05) is 24.6 Å². The number of hydrogen-bond donors (Lipinski definition) is 3. The Balaban J connectivity index is 0.00000462. The van der Waals surface area contributed by atoms with Crippen LogP contribution in [0, 0.1) is 6.92 Å². The van der Waals surface area contributed by atoms with Crippen molar-refractivity contribution in [2.24, 2.45) is 7.05 Å². The molecule has 41 heavy (non-hydrogen) atoms. The maximum atomic E-state index is 14.0. The smallest absolute Gasteiger partial charge is 0.337 e. The predicted molar refractivity (Wildman–Crippen MR) is 155 cm³/mol. The summed E-state index contributed by atoms with van der Waals surface area (Å²) in [5.74, 6) is -2.12. The van der Waals surface area contributed by atoms with Crippen LogP contribution in [0.15, 0.2) is 47.6 Å². The Labute approximate surface area is 252 Å². The molecule has 16 heteroatoms. The van der Waals surface area contributed by atoms with Crippen LogP contribution in [0.1, 0.15) is 34.4 Å². The highest BCUT2D eigenvalue weighted by atomic mass is 35.5. The third-order valence-corrected chi connectivity index (χ3v) is 9.33. The minimum Gasteiger partial charge on any atom is -0.464 e. The fraction of sp³-hybridized carbons (Fsp3) is 0.360. The van der Waals surface area contributed by atoms with Crippen LogP contribution in [0.5, 0.6) is 0 Å². The molecule has 0 spiro atoms. The highest BCUT2D eigenvalue weighted by molar-refractivity contribution is 7.89. The van der Waals surface area contributed by atoms with E-state index in [2.05, 4.69) is 15.0 Å². The number of carbonyl (C=O) groups is 3. The van der Waals surface area contributed by atoms with Crippen molar-refractivity contribution in [2.45, 2.75) is 36.8 Å². The number of rotatable bonds is 10. The number of ether oxygens (including phenoxy) is 1. The summed E-state index contributed by atoms with van der Waals surface area (Å²) in [6, 6.07) is 7.42. The van der Waals surface area contributed by atoms with Gasteiger partial charge in [-0.1, -0.05) is 17.7 Å². The van der Waals surface area contributed by atoms with Crippen LogP contribution >= 0.6 is 35.3 Å². The van der Waals surface area contributed by atoms with Gasteiger partial charge in [-0.2, -0.15) is 4.72 Å². The van der Waals surface area contributed by atoms with Gasteiger partial charge in [0, 0.05) is 38.1 Å². The molecular formula is C25H29Cl2N5O7S2. The van der Waals surface area contributed by atoms with Gasteiger partial charge in [-0.25, -0.2) is 18.2 Å². The van der Waals surface area contributed by atoms with Gasteiger partial charge in [-0.05, 0) is 43.7 Å². The Bertz CT molecular complexity index is 1560. The molecule has 3 heterocycles. The average molecular weight is 647 g/mol. The number of aromatic nitrogens is 2. The molecule has 1 fully saturated rings. The van der Waals surface area contributed by atoms with Crippen molar-refractivity contribution >= 4 is 68.8 Å². The van der Waals surface area contributed by atoms with Crippen LogP contribution < -0.4 is 14.9 Å². The van der Waals surface area contributed by atoms with Gasteiger partial charge < -0.3 is 24.6 Å². The Kier molecular flexibility index (Phi) is 10.2. The molecule has 0 radical (unpaired) electrons. The molecule has 2 amide bonds. The molecule has 1 aliphatic heterocycles. The molecule has 1 saturated heterocycles. The van der Waals surface area contributed by atoms with Crippen LogP contribution in [0.3, 0.4) is 0 Å². The fourth-order valence-electron chi connectivity index (χ4n) is 4.51. The summed E-state index contributed by atoms with van der Waals surface area (Å²) in [6.45, 7) is 2.69. The first-order valence-corrected chi connectivity index (χ1v) is 14.9. The number of thiophene rings is 1. The lowest BCUT2D eigenvalue weighted by Crippen LogP contribution is -2.60. The first-order chi connectivity index (χ1) is 18.9. The van der Waals surface area contributed by atoms with Crippen molar-refractivity contribution < 1.29 is 32.6 Å². The van der Waals surface area contributed by atoms with Gasteiger partial charge in [-0.15, -0.1) is 23.7 Å². The molecule has 0 saturated carbocycles. The number of esters is 1. The highest BCUT2D eigenvalue weighted by Crippen LogP contribution is 2.32. The van der Waals surface area contributed by atoms with E-state index in [1.807, 2.05) is 0 Å². The SMILES string of the molecule is CCOC(=O)[C@](CNC(=O)c1ccc(Cl)s1)(NS(=O)(=O)c1cccc(N2CC[C@H](O)C2=O)c1C)c1nccn1C.Cl. The largest absolute Gasteiger partial charge is 0.464 e. The highest BCUT2D eigenvalue weighted by Gasteiger charge is 2.49. The molecule has 4 rings (SSSR count). The van der Waals surface area contributed by atoms with Crippen LogP contribution in [-0.4, -0.2) is 66.7 Å². The van der Waals surface area contributed by atoms with Crippen molar-refractivity contribution in [1.29, 1.82) is 0 Å². The molecule has 2 aromatic heterocycles. The lowest BCUT2D eigenvalue weighted by Gasteiger charge is -2.32. The number of hydrogen-bond acceptors (Lipinski definition) is 9. The topological polar surface area (TPSA) is 160 Å². The van der Waals surface area contributed by atoms with E-state index < -0.39 is 46.0 Å². The van der Waals surface area contributed by atoms with E-state index in [-0.39, 0.29) is 53.1 Å². The van der Waals surface area contributed by atoms with Gasteiger partial charge in [0.1, 0.15) is 11.9 Å². The van der Waals surface area contributed by atoms with E-state index >= 15 is 0 Å². The number of halogens is 2. The number of imidazole rings is 1. The molecule has 2 atom stereocenters. The molecule has 3 N–H and O–H groups in total. The Morgan fingerprint density at radius 1 is 1.29 bits per heavy atom. The monoisotopic (exact) mass is 645 g/mol. The number of aryl methyl sites for hydroxylation is 1. The second-order valence-electron chi connectivity index (χ2n) is 9.07. The quantitative estimate of drug-likeness (QED) is 0.283. The zero-order chi connectivity index (χ0) is 29.2. The number of benzene rings is 1. The molecule has 0 unspecified atom stereocenters. The molecule has 0 bridgehead atoms. The van der Waals surface area contributed by atoms with Gasteiger partial charge in [0.25, 0.3) is 11.8 Å². The second-order valence-corrected chi connectivity index (χ2v) is 12.4. The first kappa shape index (κ1) is 32.5. The lowest BCUT2D eigenvalue weighted by atomic mass is 9.99. The molecule has 3 aromatic rings. The third-order valence-electron chi connectivity index (χ3n) is 6.46. The van der Waals surface area contributed by atoms with Crippen LogP contribution in [0.4, 0.5) is 5.69 Å². The minimum absolute atomic E-state index is 0. The Morgan fingerprint density at radius 2 is 2.02 bits per heavy atom. The third kappa shape index (κ3) is 6.42. The number of nitrogens with one attached hydrogen (secondary N) is 2. The van der Waals surface area contributed by atoms with E-state index in [0.29, 0.717) is 10.0 Å². The van der Waals surface area contributed by atoms with E-state index in [1.165, 1.54) is 47.0 Å². The summed E-state index contributed by atoms with van der Waals surface area (Å²) in [6.07, 6.45) is 1.95.